The maximum Gasteiger partial charge on any atom is 0.191 e. The van der Waals surface area contributed by atoms with Crippen molar-refractivity contribution in [1.29, 1.82) is 0 Å². The van der Waals surface area contributed by atoms with Crippen LogP contribution in [0.15, 0.2) is 29.3 Å². The van der Waals surface area contributed by atoms with Crippen LogP contribution in [-0.4, -0.2) is 61.3 Å². The molecule has 0 spiro atoms. The van der Waals surface area contributed by atoms with Gasteiger partial charge >= 0.3 is 0 Å². The van der Waals surface area contributed by atoms with Gasteiger partial charge in [0.1, 0.15) is 5.75 Å². The van der Waals surface area contributed by atoms with Crippen LogP contribution in [0, 0.1) is 0 Å². The van der Waals surface area contributed by atoms with E-state index >= 15 is 0 Å². The van der Waals surface area contributed by atoms with E-state index in [1.165, 1.54) is 0 Å². The number of halogens is 1. The number of hydrogen-bond donors (Lipinski definition) is 3. The minimum Gasteiger partial charge on any atom is -0.491 e. The quantitative estimate of drug-likeness (QED) is 0.230. The lowest BCUT2D eigenvalue weighted by atomic mass is 10.1. The van der Waals surface area contributed by atoms with Crippen molar-refractivity contribution in [3.05, 3.63) is 29.8 Å². The predicted octanol–water partition coefficient (Wildman–Crippen LogP) is 3.41. The van der Waals surface area contributed by atoms with Crippen LogP contribution in [0.2, 0.25) is 0 Å². The molecule has 0 fully saturated rings. The zero-order valence-electron chi connectivity index (χ0n) is 18.1. The van der Waals surface area contributed by atoms with Crippen LogP contribution < -0.4 is 15.4 Å². The Morgan fingerprint density at radius 1 is 1.11 bits per heavy atom. The zero-order valence-corrected chi connectivity index (χ0v) is 20.4. The maximum absolute atomic E-state index is 10.4. The summed E-state index contributed by atoms with van der Waals surface area (Å²) >= 11 is 0. The first-order chi connectivity index (χ1) is 13.0. The number of ether oxygens (including phenoxy) is 1. The second kappa shape index (κ2) is 15.8. The van der Waals surface area contributed by atoms with E-state index in [-0.39, 0.29) is 30.1 Å². The van der Waals surface area contributed by atoms with Crippen LogP contribution in [-0.2, 0) is 0 Å². The maximum atomic E-state index is 10.4. The van der Waals surface area contributed by atoms with Gasteiger partial charge < -0.3 is 25.4 Å². The second-order valence-electron chi connectivity index (χ2n) is 6.83. The number of nitrogens with one attached hydrogen (secondary N) is 2. The summed E-state index contributed by atoms with van der Waals surface area (Å²) in [4.78, 5) is 6.93. The Morgan fingerprint density at radius 2 is 1.79 bits per heavy atom. The van der Waals surface area contributed by atoms with Gasteiger partial charge in [-0.3, -0.25) is 4.99 Å². The molecule has 0 aliphatic heterocycles. The smallest absolute Gasteiger partial charge is 0.191 e. The SMILES string of the molecule is CCCN(CC)CCNC(=NCC(O)c1ccc(OC(C)C)cc1)NCC.I. The molecule has 0 aliphatic carbocycles. The summed E-state index contributed by atoms with van der Waals surface area (Å²) in [6.07, 6.45) is 0.663. The van der Waals surface area contributed by atoms with Gasteiger partial charge in [0.05, 0.1) is 18.8 Å². The molecule has 0 aliphatic rings. The van der Waals surface area contributed by atoms with E-state index in [0.717, 1.165) is 56.4 Å². The van der Waals surface area contributed by atoms with Gasteiger partial charge in [0.15, 0.2) is 5.96 Å². The van der Waals surface area contributed by atoms with Crippen LogP contribution in [0.25, 0.3) is 0 Å². The number of aliphatic hydroxyl groups is 1. The van der Waals surface area contributed by atoms with E-state index in [1.54, 1.807) is 0 Å². The number of hydrogen-bond acceptors (Lipinski definition) is 4. The molecule has 0 saturated heterocycles. The largest absolute Gasteiger partial charge is 0.491 e. The first kappa shape index (κ1) is 26.9. The number of nitrogens with zero attached hydrogens (tertiary/aromatic N) is 2. The number of aliphatic hydroxyl groups excluding tert-OH is 1. The molecule has 0 radical (unpaired) electrons. The van der Waals surface area contributed by atoms with Gasteiger partial charge in [-0.05, 0) is 58.0 Å². The van der Waals surface area contributed by atoms with Crippen molar-refractivity contribution in [2.75, 3.05) is 39.3 Å². The Morgan fingerprint density at radius 3 is 2.32 bits per heavy atom. The average Bonchev–Trinajstić information content (AvgIpc) is 2.65. The summed E-state index contributed by atoms with van der Waals surface area (Å²) < 4.78 is 5.64. The number of rotatable bonds is 12. The summed E-state index contributed by atoms with van der Waals surface area (Å²) in [6, 6.07) is 7.56. The highest BCUT2D eigenvalue weighted by molar-refractivity contribution is 14.0. The Hall–Kier alpha value is -1.06. The average molecular weight is 506 g/mol. The zero-order chi connectivity index (χ0) is 20.1. The highest BCUT2D eigenvalue weighted by Gasteiger charge is 2.09. The molecule has 0 heterocycles. The Balaban J connectivity index is 0.00000729. The molecule has 28 heavy (non-hydrogen) atoms. The monoisotopic (exact) mass is 506 g/mol. The van der Waals surface area contributed by atoms with Crippen LogP contribution in [0.3, 0.4) is 0 Å². The fourth-order valence-corrected chi connectivity index (χ4v) is 2.74. The lowest BCUT2D eigenvalue weighted by molar-refractivity contribution is 0.186. The molecule has 1 unspecified atom stereocenters. The van der Waals surface area contributed by atoms with E-state index in [2.05, 4.69) is 34.4 Å². The van der Waals surface area contributed by atoms with Crippen molar-refractivity contribution >= 4 is 29.9 Å². The normalized spacial score (nSPS) is 12.6. The molecule has 7 heteroatoms. The molecule has 1 aromatic rings. The minimum atomic E-state index is -0.638. The molecule has 0 amide bonds. The Kier molecular flexibility index (Phi) is 15.2. The van der Waals surface area contributed by atoms with Crippen LogP contribution in [0.4, 0.5) is 0 Å². The topological polar surface area (TPSA) is 69.1 Å². The van der Waals surface area contributed by atoms with E-state index in [0.29, 0.717) is 6.54 Å². The molecule has 1 aromatic carbocycles. The fraction of sp³-hybridized carbons (Fsp3) is 0.667. The lowest BCUT2D eigenvalue weighted by Crippen LogP contribution is -2.42. The second-order valence-corrected chi connectivity index (χ2v) is 6.83. The highest BCUT2D eigenvalue weighted by atomic mass is 127. The van der Waals surface area contributed by atoms with E-state index in [4.69, 9.17) is 4.74 Å². The molecule has 0 saturated carbocycles. The molecule has 1 atom stereocenters. The van der Waals surface area contributed by atoms with Crippen LogP contribution in [0.5, 0.6) is 5.75 Å². The van der Waals surface area contributed by atoms with Gasteiger partial charge in [-0.25, -0.2) is 0 Å². The summed E-state index contributed by atoms with van der Waals surface area (Å²) in [6.45, 7) is 15.5. The Labute approximate surface area is 188 Å². The molecule has 3 N–H and O–H groups in total. The van der Waals surface area contributed by atoms with Crippen molar-refractivity contribution in [1.82, 2.24) is 15.5 Å². The Bertz CT molecular complexity index is 538. The summed E-state index contributed by atoms with van der Waals surface area (Å²) in [7, 11) is 0. The van der Waals surface area contributed by atoms with Crippen LogP contribution in [0.1, 0.15) is 52.7 Å². The molecular weight excluding hydrogens is 467 g/mol. The van der Waals surface area contributed by atoms with Crippen LogP contribution >= 0.6 is 24.0 Å². The summed E-state index contributed by atoms with van der Waals surface area (Å²) in [5, 5.41) is 17.0. The van der Waals surface area contributed by atoms with Crippen molar-refractivity contribution in [2.45, 2.75) is 53.2 Å². The third-order valence-electron chi connectivity index (χ3n) is 4.11. The molecule has 0 bridgehead atoms. The van der Waals surface area contributed by atoms with E-state index in [9.17, 15) is 5.11 Å². The first-order valence-corrected chi connectivity index (χ1v) is 10.2. The van der Waals surface area contributed by atoms with Crippen molar-refractivity contribution in [3.8, 4) is 5.75 Å². The molecule has 162 valence electrons. The third kappa shape index (κ3) is 11.1. The first-order valence-electron chi connectivity index (χ1n) is 10.2. The van der Waals surface area contributed by atoms with Crippen molar-refractivity contribution in [3.63, 3.8) is 0 Å². The van der Waals surface area contributed by atoms with Crippen molar-refractivity contribution in [2.24, 2.45) is 4.99 Å². The highest BCUT2D eigenvalue weighted by Crippen LogP contribution is 2.19. The number of aliphatic imine (C=N–C) groups is 1. The third-order valence-corrected chi connectivity index (χ3v) is 4.11. The van der Waals surface area contributed by atoms with Gasteiger partial charge in [-0.2, -0.15) is 0 Å². The molecular formula is C21H39IN4O2. The predicted molar refractivity (Wildman–Crippen MR) is 129 cm³/mol. The number of likely N-dealkylation sites (N-methyl/N-ethyl adjacent to an activating group) is 1. The van der Waals surface area contributed by atoms with E-state index in [1.807, 2.05) is 45.0 Å². The number of guanidine groups is 1. The summed E-state index contributed by atoms with van der Waals surface area (Å²) in [5.74, 6) is 1.55. The molecule has 0 aromatic heterocycles. The lowest BCUT2D eigenvalue weighted by Gasteiger charge is -2.20. The molecule has 6 nitrogen and oxygen atoms in total. The fourth-order valence-electron chi connectivity index (χ4n) is 2.74. The van der Waals surface area contributed by atoms with Gasteiger partial charge in [0.2, 0.25) is 0 Å². The van der Waals surface area contributed by atoms with Gasteiger partial charge in [0.25, 0.3) is 0 Å². The van der Waals surface area contributed by atoms with Gasteiger partial charge in [-0.15, -0.1) is 24.0 Å². The van der Waals surface area contributed by atoms with Gasteiger partial charge in [0, 0.05) is 19.6 Å². The van der Waals surface area contributed by atoms with Crippen molar-refractivity contribution < 1.29 is 9.84 Å². The molecule has 1 rings (SSSR count). The summed E-state index contributed by atoms with van der Waals surface area (Å²) in [5.41, 5.74) is 0.839. The van der Waals surface area contributed by atoms with Gasteiger partial charge in [-0.1, -0.05) is 26.0 Å². The standard InChI is InChI=1S/C21H38N4O2.HI/c1-6-14-25(8-3)15-13-23-21(22-7-2)24-16-20(26)18-9-11-19(12-10-18)27-17(4)5;/h9-12,17,20,26H,6-8,13-16H2,1-5H3,(H2,22,23,24);1H. The van der Waals surface area contributed by atoms with E-state index < -0.39 is 6.10 Å². The minimum absolute atomic E-state index is 0. The number of benzene rings is 1.